The molecule has 222 valence electrons. The van der Waals surface area contributed by atoms with Gasteiger partial charge in [0.25, 0.3) is 0 Å². The summed E-state index contributed by atoms with van der Waals surface area (Å²) in [6.07, 6.45) is -2.24. The summed E-state index contributed by atoms with van der Waals surface area (Å²) < 4.78 is 40.0. The molecule has 0 atom stereocenters. The number of hydrogen-bond donors (Lipinski definition) is 1. The van der Waals surface area contributed by atoms with Gasteiger partial charge in [0.05, 0.1) is 22.7 Å². The van der Waals surface area contributed by atoms with Gasteiger partial charge in [0.2, 0.25) is 5.91 Å². The summed E-state index contributed by atoms with van der Waals surface area (Å²) >= 11 is 6.87. The highest BCUT2D eigenvalue weighted by Crippen LogP contribution is 2.34. The number of carbonyl (C=O) groups excluding carboxylic acids is 1. The third-order valence-electron chi connectivity index (χ3n) is 6.86. The van der Waals surface area contributed by atoms with Crippen molar-refractivity contribution in [2.45, 2.75) is 39.3 Å². The molecule has 5 rings (SSSR count). The van der Waals surface area contributed by atoms with Gasteiger partial charge >= 0.3 is 6.18 Å². The van der Waals surface area contributed by atoms with Gasteiger partial charge < -0.3 is 5.32 Å². The number of alkyl halides is 3. The van der Waals surface area contributed by atoms with Gasteiger partial charge in [-0.3, -0.25) is 9.69 Å². The molecule has 1 amide bonds. The molecule has 0 radical (unpaired) electrons. The second-order valence-electron chi connectivity index (χ2n) is 10.4. The second-order valence-corrected chi connectivity index (χ2v) is 11.7. The first-order valence-corrected chi connectivity index (χ1v) is 15.0. The fourth-order valence-corrected chi connectivity index (χ4v) is 5.71. The van der Waals surface area contributed by atoms with Crippen LogP contribution in [0.2, 0.25) is 0 Å². The predicted molar refractivity (Wildman–Crippen MR) is 169 cm³/mol. The lowest BCUT2D eigenvalue weighted by Gasteiger charge is -2.22. The number of halogens is 3. The van der Waals surface area contributed by atoms with Crippen molar-refractivity contribution in [2.75, 3.05) is 17.2 Å². The van der Waals surface area contributed by atoms with Crippen molar-refractivity contribution in [3.8, 4) is 17.1 Å². The van der Waals surface area contributed by atoms with E-state index in [4.69, 9.17) is 12.2 Å². The molecule has 0 unspecified atom stereocenters. The van der Waals surface area contributed by atoms with E-state index in [1.165, 1.54) is 34.9 Å². The number of hydrogen-bond acceptors (Lipinski definition) is 5. The molecule has 4 aromatic rings. The first kappa shape index (κ1) is 30.4. The third kappa shape index (κ3) is 7.14. The first-order valence-electron chi connectivity index (χ1n) is 13.6. The van der Waals surface area contributed by atoms with Gasteiger partial charge in [0.15, 0.2) is 16.1 Å². The molecule has 3 aromatic carbocycles. The van der Waals surface area contributed by atoms with Crippen LogP contribution in [0, 0.1) is 6.92 Å². The molecule has 1 aliphatic rings. The van der Waals surface area contributed by atoms with Crippen LogP contribution in [0.25, 0.3) is 17.1 Å². The number of carbonyl (C=O) groups is 1. The van der Waals surface area contributed by atoms with Crippen LogP contribution in [-0.2, 0) is 17.4 Å². The molecular formula is C31H29F3N6OS2. The highest BCUT2D eigenvalue weighted by Gasteiger charge is 2.32. The Hall–Kier alpha value is -4.03. The quantitative estimate of drug-likeness (QED) is 0.225. The van der Waals surface area contributed by atoms with Crippen LogP contribution in [0.4, 0.5) is 18.9 Å². The lowest BCUT2D eigenvalue weighted by atomic mass is 9.99. The van der Waals surface area contributed by atoms with Crippen LogP contribution in [0.1, 0.15) is 42.0 Å². The highest BCUT2D eigenvalue weighted by molar-refractivity contribution is 8.15. The molecule has 0 spiro atoms. The van der Waals surface area contributed by atoms with Gasteiger partial charge in [-0.25, -0.2) is 9.67 Å². The van der Waals surface area contributed by atoms with Crippen LogP contribution in [-0.4, -0.2) is 43.2 Å². The maximum absolute atomic E-state index is 12.8. The normalized spacial score (nSPS) is 14.6. The molecule has 0 saturated carbocycles. The van der Waals surface area contributed by atoms with E-state index in [-0.39, 0.29) is 11.8 Å². The summed E-state index contributed by atoms with van der Waals surface area (Å²) in [5, 5.41) is 8.47. The van der Waals surface area contributed by atoms with E-state index in [9.17, 15) is 18.0 Å². The minimum atomic E-state index is -4.39. The summed E-state index contributed by atoms with van der Waals surface area (Å²) in [6, 6.07) is 18.6. The lowest BCUT2D eigenvalue weighted by molar-refractivity contribution is -0.137. The van der Waals surface area contributed by atoms with Crippen molar-refractivity contribution in [2.24, 2.45) is 4.99 Å². The molecule has 0 aliphatic carbocycles. The minimum absolute atomic E-state index is 0.0159. The second kappa shape index (κ2) is 12.7. The average Bonchev–Trinajstić information content (AvgIpc) is 3.60. The molecule has 1 saturated heterocycles. The molecular weight excluding hydrogens is 594 g/mol. The Morgan fingerprint density at radius 1 is 1.09 bits per heavy atom. The molecule has 7 nitrogen and oxygen atoms in total. The number of amides is 1. The van der Waals surface area contributed by atoms with E-state index < -0.39 is 11.7 Å². The zero-order valence-corrected chi connectivity index (χ0v) is 25.4. The summed E-state index contributed by atoms with van der Waals surface area (Å²) in [5.41, 5.74) is 4.61. The zero-order chi connectivity index (χ0) is 30.7. The van der Waals surface area contributed by atoms with E-state index in [1.807, 2.05) is 37.3 Å². The van der Waals surface area contributed by atoms with Gasteiger partial charge in [-0.15, -0.1) is 5.10 Å². The van der Waals surface area contributed by atoms with Crippen molar-refractivity contribution in [1.29, 1.82) is 0 Å². The third-order valence-corrected chi connectivity index (χ3v) is 8.02. The van der Waals surface area contributed by atoms with Crippen molar-refractivity contribution in [3.63, 3.8) is 0 Å². The van der Waals surface area contributed by atoms with Crippen molar-refractivity contribution >= 4 is 45.9 Å². The van der Waals surface area contributed by atoms with Gasteiger partial charge in [0, 0.05) is 12.1 Å². The summed E-state index contributed by atoms with van der Waals surface area (Å²) in [4.78, 5) is 23.4. The number of anilines is 1. The maximum atomic E-state index is 12.8. The number of aliphatic imine (C=N–C) groups is 1. The smallest absolute Gasteiger partial charge is 0.360 e. The van der Waals surface area contributed by atoms with Crippen molar-refractivity contribution in [3.05, 3.63) is 95.3 Å². The Balaban J connectivity index is 1.19. The van der Waals surface area contributed by atoms with Crippen molar-refractivity contribution in [1.82, 2.24) is 20.1 Å². The largest absolute Gasteiger partial charge is 0.416 e. The van der Waals surface area contributed by atoms with E-state index in [0.29, 0.717) is 40.5 Å². The van der Waals surface area contributed by atoms with Crippen LogP contribution < -0.4 is 10.2 Å². The van der Waals surface area contributed by atoms with Gasteiger partial charge in [-0.1, -0.05) is 62.0 Å². The lowest BCUT2D eigenvalue weighted by Crippen LogP contribution is -2.32. The fraction of sp³-hybridized carbons (Fsp3) is 0.258. The van der Waals surface area contributed by atoms with Gasteiger partial charge in [-0.05, 0) is 78.5 Å². The number of nitrogens with zero attached hydrogens (tertiary/aromatic N) is 5. The van der Waals surface area contributed by atoms with Crippen LogP contribution in [0.5, 0.6) is 0 Å². The molecule has 1 aromatic heterocycles. The standard InChI is InChI=1S/C31H29F3N6OS2/c1-19(2)25-13-4-20(3)16-26(25)40-27(41)17-43-30(40)37-29(42)35-15-14-21-5-7-22(8-6-21)28-36-18-39(38-28)24-11-9-23(10-12-24)31(32,33)34/h4-13,16,18-19H,14-15,17H2,1-3H3,(H,35,42)/b37-30-. The number of nitrogens with one attached hydrogen (secondary N) is 1. The number of thioether (sulfide) groups is 1. The topological polar surface area (TPSA) is 75.4 Å². The molecule has 1 aliphatic heterocycles. The average molecular weight is 623 g/mol. The van der Waals surface area contributed by atoms with Crippen LogP contribution >= 0.6 is 24.0 Å². The number of aryl methyl sites for hydroxylation is 1. The highest BCUT2D eigenvalue weighted by atomic mass is 32.2. The summed E-state index contributed by atoms with van der Waals surface area (Å²) in [5.74, 6) is 1.01. The Morgan fingerprint density at radius 3 is 2.49 bits per heavy atom. The first-order chi connectivity index (χ1) is 20.5. The van der Waals surface area contributed by atoms with Gasteiger partial charge in [0.1, 0.15) is 6.33 Å². The van der Waals surface area contributed by atoms with Crippen LogP contribution in [0.3, 0.4) is 0 Å². The Kier molecular flexibility index (Phi) is 8.97. The molecule has 12 heteroatoms. The molecule has 43 heavy (non-hydrogen) atoms. The minimum Gasteiger partial charge on any atom is -0.360 e. The van der Waals surface area contributed by atoms with E-state index in [1.54, 1.807) is 4.90 Å². The molecule has 1 N–H and O–H groups in total. The molecule has 1 fully saturated rings. The fourth-order valence-electron chi connectivity index (χ4n) is 4.60. The van der Waals surface area contributed by atoms with E-state index >= 15 is 0 Å². The summed E-state index contributed by atoms with van der Waals surface area (Å²) in [7, 11) is 0. The number of rotatable bonds is 7. The van der Waals surface area contributed by atoms with E-state index in [2.05, 4.69) is 46.4 Å². The molecule has 0 bridgehead atoms. The molecule has 2 heterocycles. The predicted octanol–water partition coefficient (Wildman–Crippen LogP) is 6.94. The Bertz CT molecular complexity index is 1660. The number of thiocarbonyl (C=S) groups is 1. The number of benzene rings is 3. The Morgan fingerprint density at radius 2 is 1.81 bits per heavy atom. The zero-order valence-electron chi connectivity index (χ0n) is 23.7. The van der Waals surface area contributed by atoms with E-state index in [0.717, 1.165) is 40.1 Å². The summed E-state index contributed by atoms with van der Waals surface area (Å²) in [6.45, 7) is 6.76. The monoisotopic (exact) mass is 622 g/mol. The van der Waals surface area contributed by atoms with Crippen molar-refractivity contribution < 1.29 is 18.0 Å². The number of aromatic nitrogens is 3. The van der Waals surface area contributed by atoms with Crippen LogP contribution in [0.15, 0.2) is 78.0 Å². The number of amidine groups is 1. The Labute approximate surface area is 257 Å². The maximum Gasteiger partial charge on any atom is 0.416 e. The SMILES string of the molecule is Cc1ccc(C(C)C)c(N2C(=O)CS/C2=N\C(=S)NCCc2ccc(-c3ncn(-c4ccc(C(F)(F)F)cc4)n3)cc2)c1. The van der Waals surface area contributed by atoms with Gasteiger partial charge in [-0.2, -0.15) is 18.2 Å².